The van der Waals surface area contributed by atoms with Crippen LogP contribution in [0.1, 0.15) is 64.0 Å². The third-order valence-corrected chi connectivity index (χ3v) is 3.74. The number of hydrogen-bond donors (Lipinski definition) is 1. The fourth-order valence-corrected chi connectivity index (χ4v) is 2.70. The predicted molar refractivity (Wildman–Crippen MR) is 75.5 cm³/mol. The Bertz CT molecular complexity index is 335. The summed E-state index contributed by atoms with van der Waals surface area (Å²) in [6, 6.07) is 0.645. The first-order valence-corrected chi connectivity index (χ1v) is 7.49. The molecule has 1 N–H and O–H groups in total. The van der Waals surface area contributed by atoms with Crippen molar-refractivity contribution in [2.75, 3.05) is 6.54 Å². The van der Waals surface area contributed by atoms with Crippen molar-refractivity contribution in [1.29, 1.82) is 0 Å². The van der Waals surface area contributed by atoms with Gasteiger partial charge in [-0.25, -0.2) is 0 Å². The molecule has 0 amide bonds. The minimum absolute atomic E-state index is 0.645. The molecule has 1 aliphatic carbocycles. The molecule has 3 nitrogen and oxygen atoms in total. The van der Waals surface area contributed by atoms with Gasteiger partial charge in [-0.05, 0) is 25.3 Å². The first-order valence-electron chi connectivity index (χ1n) is 7.49. The highest BCUT2D eigenvalue weighted by molar-refractivity contribution is 5.04. The minimum Gasteiger partial charge on any atom is -0.312 e. The van der Waals surface area contributed by atoms with Gasteiger partial charge >= 0.3 is 0 Å². The molecule has 0 saturated heterocycles. The zero-order chi connectivity index (χ0) is 12.8. The maximum Gasteiger partial charge on any atom is 0.0534 e. The van der Waals surface area contributed by atoms with Crippen molar-refractivity contribution in [1.82, 2.24) is 15.1 Å². The van der Waals surface area contributed by atoms with E-state index < -0.39 is 0 Å². The van der Waals surface area contributed by atoms with Gasteiger partial charge in [0.15, 0.2) is 0 Å². The van der Waals surface area contributed by atoms with Gasteiger partial charge in [-0.2, -0.15) is 5.10 Å². The van der Waals surface area contributed by atoms with Gasteiger partial charge in [0.05, 0.1) is 12.2 Å². The van der Waals surface area contributed by atoms with E-state index in [-0.39, 0.29) is 0 Å². The van der Waals surface area contributed by atoms with E-state index in [1.165, 1.54) is 44.1 Å². The van der Waals surface area contributed by atoms with Gasteiger partial charge in [0.1, 0.15) is 0 Å². The summed E-state index contributed by atoms with van der Waals surface area (Å²) >= 11 is 0. The fraction of sp³-hybridized carbons (Fsp3) is 0.800. The Hall–Kier alpha value is -0.830. The van der Waals surface area contributed by atoms with E-state index in [4.69, 9.17) is 0 Å². The zero-order valence-corrected chi connectivity index (χ0v) is 11.9. The molecule has 18 heavy (non-hydrogen) atoms. The van der Waals surface area contributed by atoms with Crippen LogP contribution >= 0.6 is 0 Å². The predicted octanol–water partition coefficient (Wildman–Crippen LogP) is 3.52. The van der Waals surface area contributed by atoms with Crippen LogP contribution in [0.3, 0.4) is 0 Å². The topological polar surface area (TPSA) is 29.9 Å². The molecule has 1 aromatic rings. The minimum atomic E-state index is 0.645. The normalized spacial score (nSPS) is 18.2. The highest BCUT2D eigenvalue weighted by Gasteiger charge is 2.14. The van der Waals surface area contributed by atoms with Crippen LogP contribution in [0.2, 0.25) is 0 Å². The third-order valence-electron chi connectivity index (χ3n) is 3.74. The van der Waals surface area contributed by atoms with Crippen LogP contribution in [-0.2, 0) is 6.54 Å². The lowest BCUT2D eigenvalue weighted by atomic mass is 10.1. The van der Waals surface area contributed by atoms with Crippen molar-refractivity contribution < 1.29 is 0 Å². The van der Waals surface area contributed by atoms with Gasteiger partial charge in [-0.15, -0.1) is 0 Å². The zero-order valence-electron chi connectivity index (χ0n) is 11.9. The van der Waals surface area contributed by atoms with E-state index in [2.05, 4.69) is 35.1 Å². The Morgan fingerprint density at radius 2 is 2.00 bits per heavy atom. The molecule has 1 aromatic heterocycles. The molecule has 0 atom stereocenters. The molecule has 3 heteroatoms. The van der Waals surface area contributed by atoms with Crippen molar-refractivity contribution in [3.05, 3.63) is 18.0 Å². The first kappa shape index (κ1) is 13.6. The summed E-state index contributed by atoms with van der Waals surface area (Å²) in [6.45, 7) is 6.50. The highest BCUT2D eigenvalue weighted by Crippen LogP contribution is 2.26. The molecule has 1 aliphatic rings. The van der Waals surface area contributed by atoms with E-state index >= 15 is 0 Å². The fourth-order valence-electron chi connectivity index (χ4n) is 2.70. The number of nitrogens with zero attached hydrogens (tertiary/aromatic N) is 2. The van der Waals surface area contributed by atoms with Gasteiger partial charge in [0.25, 0.3) is 0 Å². The van der Waals surface area contributed by atoms with Crippen LogP contribution in [0, 0.1) is 5.92 Å². The standard InChI is InChI=1S/C15H27N3/c1-13(2)9-16-10-14-11-17-18(12-14)15-7-5-3-4-6-8-15/h11-13,15-16H,3-10H2,1-2H3. The van der Waals surface area contributed by atoms with E-state index in [1.54, 1.807) is 0 Å². The van der Waals surface area contributed by atoms with Crippen molar-refractivity contribution >= 4 is 0 Å². The summed E-state index contributed by atoms with van der Waals surface area (Å²) < 4.78 is 2.21. The molecule has 1 saturated carbocycles. The van der Waals surface area contributed by atoms with Gasteiger partial charge < -0.3 is 5.32 Å². The SMILES string of the molecule is CC(C)CNCc1cnn(C2CCCCCC2)c1. The van der Waals surface area contributed by atoms with Crippen LogP contribution < -0.4 is 5.32 Å². The van der Waals surface area contributed by atoms with Crippen molar-refractivity contribution in [3.63, 3.8) is 0 Å². The molecule has 102 valence electrons. The Morgan fingerprint density at radius 1 is 1.28 bits per heavy atom. The molecule has 1 heterocycles. The Morgan fingerprint density at radius 3 is 2.67 bits per heavy atom. The second kappa shape index (κ2) is 6.93. The van der Waals surface area contributed by atoms with E-state index in [0.717, 1.165) is 13.1 Å². The van der Waals surface area contributed by atoms with E-state index in [0.29, 0.717) is 12.0 Å². The van der Waals surface area contributed by atoms with Gasteiger partial charge in [0.2, 0.25) is 0 Å². The third kappa shape index (κ3) is 4.13. The summed E-state index contributed by atoms with van der Waals surface area (Å²) in [4.78, 5) is 0. The number of nitrogens with one attached hydrogen (secondary N) is 1. The summed E-state index contributed by atoms with van der Waals surface area (Å²) in [5.74, 6) is 0.710. The number of rotatable bonds is 5. The van der Waals surface area contributed by atoms with E-state index in [9.17, 15) is 0 Å². The van der Waals surface area contributed by atoms with Crippen LogP contribution in [0.4, 0.5) is 0 Å². The van der Waals surface area contributed by atoms with Gasteiger partial charge in [-0.3, -0.25) is 4.68 Å². The van der Waals surface area contributed by atoms with Gasteiger partial charge in [-0.1, -0.05) is 39.5 Å². The van der Waals surface area contributed by atoms with E-state index in [1.807, 2.05) is 6.20 Å². The van der Waals surface area contributed by atoms with Gasteiger partial charge in [0, 0.05) is 18.3 Å². The molecule has 2 rings (SSSR count). The summed E-state index contributed by atoms with van der Waals surface area (Å²) in [7, 11) is 0. The summed E-state index contributed by atoms with van der Waals surface area (Å²) in [5.41, 5.74) is 1.32. The average Bonchev–Trinajstić information content (AvgIpc) is 2.63. The quantitative estimate of drug-likeness (QED) is 0.809. The van der Waals surface area contributed by atoms with Crippen LogP contribution in [0.25, 0.3) is 0 Å². The van der Waals surface area contributed by atoms with Crippen LogP contribution in [0.15, 0.2) is 12.4 Å². The second-order valence-corrected chi connectivity index (χ2v) is 6.00. The summed E-state index contributed by atoms with van der Waals surface area (Å²) in [5, 5.41) is 8.03. The lowest BCUT2D eigenvalue weighted by Gasteiger charge is -2.14. The van der Waals surface area contributed by atoms with Crippen molar-refractivity contribution in [2.45, 2.75) is 65.0 Å². The Labute approximate surface area is 111 Å². The molecule has 1 fully saturated rings. The number of hydrogen-bond acceptors (Lipinski definition) is 2. The van der Waals surface area contributed by atoms with Crippen molar-refractivity contribution in [3.8, 4) is 0 Å². The largest absolute Gasteiger partial charge is 0.312 e. The van der Waals surface area contributed by atoms with Crippen LogP contribution in [-0.4, -0.2) is 16.3 Å². The lowest BCUT2D eigenvalue weighted by Crippen LogP contribution is -2.18. The van der Waals surface area contributed by atoms with Crippen molar-refractivity contribution in [2.24, 2.45) is 5.92 Å². The molecule has 0 spiro atoms. The molecular formula is C15H27N3. The average molecular weight is 249 g/mol. The number of aromatic nitrogens is 2. The summed E-state index contributed by atoms with van der Waals surface area (Å²) in [6.07, 6.45) is 12.4. The Balaban J connectivity index is 1.84. The first-order chi connectivity index (χ1) is 8.75. The molecule has 0 aliphatic heterocycles. The monoisotopic (exact) mass is 249 g/mol. The second-order valence-electron chi connectivity index (χ2n) is 6.00. The van der Waals surface area contributed by atoms with Crippen LogP contribution in [0.5, 0.6) is 0 Å². The smallest absolute Gasteiger partial charge is 0.0534 e. The molecule has 0 unspecified atom stereocenters. The lowest BCUT2D eigenvalue weighted by molar-refractivity contribution is 0.405. The highest BCUT2D eigenvalue weighted by atomic mass is 15.3. The molecule has 0 radical (unpaired) electrons. The molecule has 0 bridgehead atoms. The Kier molecular flexibility index (Phi) is 5.24. The molecule has 0 aromatic carbocycles. The molecular weight excluding hydrogens is 222 g/mol. The maximum absolute atomic E-state index is 4.56. The maximum atomic E-state index is 4.56.